The lowest BCUT2D eigenvalue weighted by Gasteiger charge is -2.20. The van der Waals surface area contributed by atoms with Crippen LogP contribution >= 0.6 is 27.5 Å². The van der Waals surface area contributed by atoms with E-state index in [0.29, 0.717) is 6.54 Å². The van der Waals surface area contributed by atoms with E-state index in [1.165, 1.54) is 0 Å². The third kappa shape index (κ3) is 3.12. The zero-order chi connectivity index (χ0) is 16.7. The number of hydrogen-bond donors (Lipinski definition) is 0. The number of aromatic nitrogens is 2. The van der Waals surface area contributed by atoms with Crippen molar-refractivity contribution >= 4 is 44.3 Å². The fourth-order valence-electron chi connectivity index (χ4n) is 2.10. The molecule has 22 heavy (non-hydrogen) atoms. The summed E-state index contributed by atoms with van der Waals surface area (Å²) in [7, 11) is 1.65. The van der Waals surface area contributed by atoms with Crippen LogP contribution in [0.4, 0.5) is 23.4 Å². The lowest BCUT2D eigenvalue weighted by atomic mass is 10.1. The van der Waals surface area contributed by atoms with E-state index < -0.39 is 22.0 Å². The van der Waals surface area contributed by atoms with E-state index in [9.17, 15) is 17.6 Å². The van der Waals surface area contributed by atoms with E-state index in [2.05, 4.69) is 25.9 Å². The SMILES string of the molecule is CCCN(C)c1nc(Cl)nc2c(F)c(Br)c(C(F)(F)F)cc12. The van der Waals surface area contributed by atoms with Crippen LogP contribution in [0.15, 0.2) is 10.5 Å². The summed E-state index contributed by atoms with van der Waals surface area (Å²) in [6.07, 6.45) is -3.96. The maximum Gasteiger partial charge on any atom is 0.417 e. The molecule has 1 heterocycles. The molecule has 1 aromatic heterocycles. The standard InChI is InChI=1S/C13H11BrClF4N3/c1-3-4-22(2)11-6-5-7(13(17,18)19)8(14)9(16)10(6)20-12(15)21-11/h5H,3-4H2,1-2H3. The summed E-state index contributed by atoms with van der Waals surface area (Å²) in [5.74, 6) is -0.950. The molecular weight excluding hydrogens is 390 g/mol. The number of rotatable bonds is 3. The number of fused-ring (bicyclic) bond motifs is 1. The minimum absolute atomic E-state index is 0.0339. The van der Waals surface area contributed by atoms with Crippen LogP contribution in [0, 0.1) is 5.82 Å². The second-order valence-electron chi connectivity index (χ2n) is 4.68. The van der Waals surface area contributed by atoms with Gasteiger partial charge in [0.1, 0.15) is 11.3 Å². The van der Waals surface area contributed by atoms with Crippen LogP contribution in [0.2, 0.25) is 5.28 Å². The highest BCUT2D eigenvalue weighted by Gasteiger charge is 2.36. The van der Waals surface area contributed by atoms with Crippen LogP contribution in [0.25, 0.3) is 10.9 Å². The molecule has 0 radical (unpaired) electrons. The van der Waals surface area contributed by atoms with Crippen LogP contribution in [0.3, 0.4) is 0 Å². The van der Waals surface area contributed by atoms with Crippen LogP contribution in [0.1, 0.15) is 18.9 Å². The summed E-state index contributed by atoms with van der Waals surface area (Å²) in [5.41, 5.74) is -1.37. The number of benzene rings is 1. The molecule has 2 rings (SSSR count). The number of anilines is 1. The quantitative estimate of drug-likeness (QED) is 0.533. The van der Waals surface area contributed by atoms with E-state index in [-0.39, 0.29) is 22.0 Å². The highest BCUT2D eigenvalue weighted by Crippen LogP contribution is 2.40. The number of nitrogens with zero attached hydrogens (tertiary/aromatic N) is 3. The first-order chi connectivity index (χ1) is 10.2. The van der Waals surface area contributed by atoms with Gasteiger partial charge in [0.15, 0.2) is 5.82 Å². The van der Waals surface area contributed by atoms with Crippen LogP contribution in [0.5, 0.6) is 0 Å². The highest BCUT2D eigenvalue weighted by molar-refractivity contribution is 9.10. The molecule has 0 N–H and O–H groups in total. The summed E-state index contributed by atoms with van der Waals surface area (Å²) >= 11 is 8.41. The topological polar surface area (TPSA) is 29.0 Å². The van der Waals surface area contributed by atoms with Gasteiger partial charge in [0.2, 0.25) is 5.28 Å². The van der Waals surface area contributed by atoms with Gasteiger partial charge in [-0.1, -0.05) is 6.92 Å². The predicted octanol–water partition coefficient (Wildman–Crippen LogP) is 5.05. The van der Waals surface area contributed by atoms with E-state index in [4.69, 9.17) is 11.6 Å². The maximum atomic E-state index is 14.3. The van der Waals surface area contributed by atoms with Gasteiger partial charge in [-0.15, -0.1) is 0 Å². The summed E-state index contributed by atoms with van der Waals surface area (Å²) in [4.78, 5) is 9.28. The molecule has 9 heteroatoms. The van der Waals surface area contributed by atoms with E-state index in [0.717, 1.165) is 12.5 Å². The maximum absolute atomic E-state index is 14.3. The molecule has 0 fully saturated rings. The third-order valence-corrected chi connectivity index (χ3v) is 3.99. The number of halogens is 6. The van der Waals surface area contributed by atoms with Gasteiger partial charge in [0.05, 0.1) is 10.0 Å². The largest absolute Gasteiger partial charge is 0.417 e. The summed E-state index contributed by atoms with van der Waals surface area (Å²) in [5, 5.41) is -0.260. The van der Waals surface area contributed by atoms with Crippen molar-refractivity contribution in [3.05, 3.63) is 27.2 Å². The van der Waals surface area contributed by atoms with Crippen LogP contribution < -0.4 is 4.90 Å². The molecule has 0 unspecified atom stereocenters. The molecule has 0 aliphatic rings. The molecule has 2 aromatic rings. The first-order valence-electron chi connectivity index (χ1n) is 6.30. The predicted molar refractivity (Wildman–Crippen MR) is 80.8 cm³/mol. The Kier molecular flexibility index (Phi) is 4.81. The van der Waals surface area contributed by atoms with Gasteiger partial charge in [-0.2, -0.15) is 18.2 Å². The first-order valence-corrected chi connectivity index (χ1v) is 7.47. The Hall–Kier alpha value is -1.15. The molecular formula is C13H11BrClF4N3. The van der Waals surface area contributed by atoms with Gasteiger partial charge in [-0.05, 0) is 40.0 Å². The molecule has 0 spiro atoms. The normalized spacial score (nSPS) is 12.0. The number of alkyl halides is 3. The molecule has 0 bridgehead atoms. The minimum Gasteiger partial charge on any atom is -0.359 e. The minimum atomic E-state index is -4.70. The second kappa shape index (κ2) is 6.16. The molecule has 0 atom stereocenters. The Morgan fingerprint density at radius 1 is 1.32 bits per heavy atom. The van der Waals surface area contributed by atoms with Gasteiger partial charge in [-0.25, -0.2) is 9.37 Å². The molecule has 0 saturated carbocycles. The zero-order valence-electron chi connectivity index (χ0n) is 11.6. The van der Waals surface area contributed by atoms with Crippen molar-refractivity contribution in [2.45, 2.75) is 19.5 Å². The van der Waals surface area contributed by atoms with Gasteiger partial charge < -0.3 is 4.90 Å². The molecule has 120 valence electrons. The van der Waals surface area contributed by atoms with Gasteiger partial charge in [-0.3, -0.25) is 0 Å². The monoisotopic (exact) mass is 399 g/mol. The Labute approximate surface area is 137 Å². The van der Waals surface area contributed by atoms with Crippen molar-refractivity contribution in [2.24, 2.45) is 0 Å². The Balaban J connectivity index is 2.84. The van der Waals surface area contributed by atoms with E-state index in [1.54, 1.807) is 11.9 Å². The molecule has 0 aliphatic carbocycles. The summed E-state index contributed by atoms with van der Waals surface area (Å²) in [6, 6.07) is 0.834. The van der Waals surface area contributed by atoms with Crippen molar-refractivity contribution in [3.8, 4) is 0 Å². The molecule has 0 saturated heterocycles. The van der Waals surface area contributed by atoms with Crippen molar-refractivity contribution in [2.75, 3.05) is 18.5 Å². The summed E-state index contributed by atoms with van der Waals surface area (Å²) < 4.78 is 52.7. The second-order valence-corrected chi connectivity index (χ2v) is 5.81. The molecule has 0 aliphatic heterocycles. The Morgan fingerprint density at radius 3 is 2.50 bits per heavy atom. The van der Waals surface area contributed by atoms with Gasteiger partial charge in [0.25, 0.3) is 0 Å². The molecule has 3 nitrogen and oxygen atoms in total. The fraction of sp³-hybridized carbons (Fsp3) is 0.385. The van der Waals surface area contributed by atoms with Gasteiger partial charge >= 0.3 is 6.18 Å². The Morgan fingerprint density at radius 2 is 1.95 bits per heavy atom. The number of hydrogen-bond acceptors (Lipinski definition) is 3. The average Bonchev–Trinajstić information content (AvgIpc) is 2.41. The van der Waals surface area contributed by atoms with Crippen molar-refractivity contribution in [1.29, 1.82) is 0 Å². The van der Waals surface area contributed by atoms with Gasteiger partial charge in [0, 0.05) is 19.0 Å². The third-order valence-electron chi connectivity index (χ3n) is 3.05. The smallest absolute Gasteiger partial charge is 0.359 e. The summed E-state index contributed by atoms with van der Waals surface area (Å²) in [6.45, 7) is 2.43. The van der Waals surface area contributed by atoms with Crippen LogP contribution in [-0.2, 0) is 6.18 Å². The van der Waals surface area contributed by atoms with Crippen molar-refractivity contribution in [1.82, 2.24) is 9.97 Å². The Bertz CT molecular complexity index is 721. The van der Waals surface area contributed by atoms with E-state index in [1.807, 2.05) is 6.92 Å². The highest BCUT2D eigenvalue weighted by atomic mass is 79.9. The molecule has 1 aromatic carbocycles. The van der Waals surface area contributed by atoms with Crippen molar-refractivity contribution < 1.29 is 17.6 Å². The fourth-order valence-corrected chi connectivity index (χ4v) is 2.79. The molecule has 0 amide bonds. The van der Waals surface area contributed by atoms with Crippen molar-refractivity contribution in [3.63, 3.8) is 0 Å². The lowest BCUT2D eigenvalue weighted by Crippen LogP contribution is -2.20. The van der Waals surface area contributed by atoms with E-state index >= 15 is 0 Å². The lowest BCUT2D eigenvalue weighted by molar-refractivity contribution is -0.138. The average molecular weight is 401 g/mol. The zero-order valence-corrected chi connectivity index (χ0v) is 13.9. The first kappa shape index (κ1) is 17.2. The van der Waals surface area contributed by atoms with Crippen LogP contribution in [-0.4, -0.2) is 23.6 Å².